The SMILES string of the molecule is CC(C)(C1CCC(c2ccc(OC3CCCCO3)cc2)(c2ccc(OC3CCCCO3)cc2)CC1)C1CCC(c2cccc(OC3CCCCO3)c2)(c2cccc(OC3CCCCO3)c2)CC1. The van der Waals surface area contributed by atoms with Crippen molar-refractivity contribution in [3.63, 3.8) is 0 Å². The van der Waals surface area contributed by atoms with Crippen molar-refractivity contribution >= 4 is 0 Å². The number of hydrogen-bond acceptors (Lipinski definition) is 8. The number of hydrogen-bond donors (Lipinski definition) is 0. The highest BCUT2D eigenvalue weighted by Crippen LogP contribution is 2.57. The van der Waals surface area contributed by atoms with Crippen LogP contribution in [0, 0.1) is 17.3 Å². The summed E-state index contributed by atoms with van der Waals surface area (Å²) < 4.78 is 49.6. The molecule has 8 nitrogen and oxygen atoms in total. The zero-order valence-corrected chi connectivity index (χ0v) is 40.4. The van der Waals surface area contributed by atoms with Crippen molar-refractivity contribution in [1.29, 1.82) is 0 Å². The molecule has 0 aromatic heterocycles. The highest BCUT2D eigenvalue weighted by Gasteiger charge is 2.48. The van der Waals surface area contributed by atoms with Gasteiger partial charge in [-0.15, -0.1) is 0 Å². The van der Waals surface area contributed by atoms with Crippen molar-refractivity contribution in [3.05, 3.63) is 119 Å². The van der Waals surface area contributed by atoms with Crippen LogP contribution in [0.3, 0.4) is 0 Å². The summed E-state index contributed by atoms with van der Waals surface area (Å²) in [5, 5.41) is 0. The summed E-state index contributed by atoms with van der Waals surface area (Å²) in [6, 6.07) is 35.9. The van der Waals surface area contributed by atoms with E-state index < -0.39 is 0 Å². The standard InChI is InChI=1S/C59H76O8/c1-57(2,43-29-33-58(34-30-43,45-21-25-49(26-22-45)64-53-17-3-7-37-60-53)46-23-27-50(28-24-46)65-54-18-4-8-38-61-54)44-31-35-59(36-32-44,47-13-11-15-51(41-47)66-55-19-5-9-39-62-55)48-14-12-16-52(42-48)67-56-20-6-10-40-63-56/h11-16,21-28,41-44,53-56H,3-10,17-20,29-40H2,1-2H3. The van der Waals surface area contributed by atoms with Crippen LogP contribution >= 0.6 is 0 Å². The molecule has 0 radical (unpaired) electrons. The van der Waals surface area contributed by atoms with Gasteiger partial charge in [0, 0.05) is 36.5 Å². The largest absolute Gasteiger partial charge is 0.465 e. The molecule has 0 bridgehead atoms. The fraction of sp³-hybridized carbons (Fsp3) is 0.593. The fourth-order valence-corrected chi connectivity index (χ4v) is 12.8. The third kappa shape index (κ3) is 10.7. The molecule has 6 aliphatic rings. The zero-order valence-electron chi connectivity index (χ0n) is 40.4. The van der Waals surface area contributed by atoms with Crippen LogP contribution in [-0.4, -0.2) is 51.6 Å². The smallest absolute Gasteiger partial charge is 0.199 e. The molecule has 4 aliphatic heterocycles. The first kappa shape index (κ1) is 46.6. The molecule has 4 saturated heterocycles. The number of benzene rings is 4. The normalized spacial score (nSPS) is 30.8. The van der Waals surface area contributed by atoms with Gasteiger partial charge < -0.3 is 37.9 Å². The molecule has 0 spiro atoms. The molecule has 8 heteroatoms. The lowest BCUT2D eigenvalue weighted by Crippen LogP contribution is -2.43. The molecule has 4 unspecified atom stereocenters. The van der Waals surface area contributed by atoms with Gasteiger partial charge in [0.1, 0.15) is 23.0 Å². The minimum absolute atomic E-state index is 0.0977. The average Bonchev–Trinajstić information content (AvgIpc) is 3.38. The van der Waals surface area contributed by atoms with Crippen LogP contribution < -0.4 is 18.9 Å². The van der Waals surface area contributed by atoms with Gasteiger partial charge in [-0.1, -0.05) is 62.4 Å². The van der Waals surface area contributed by atoms with E-state index in [0.29, 0.717) is 11.8 Å². The maximum atomic E-state index is 6.51. The molecule has 4 aromatic carbocycles. The van der Waals surface area contributed by atoms with Gasteiger partial charge in [0.05, 0.1) is 26.4 Å². The van der Waals surface area contributed by atoms with E-state index in [4.69, 9.17) is 37.9 Å². The lowest BCUT2D eigenvalue weighted by Gasteiger charge is -2.51. The first-order valence-corrected chi connectivity index (χ1v) is 26.4. The van der Waals surface area contributed by atoms with Crippen molar-refractivity contribution in [1.82, 2.24) is 0 Å². The highest BCUT2D eigenvalue weighted by molar-refractivity contribution is 5.47. The van der Waals surface area contributed by atoms with E-state index in [9.17, 15) is 0 Å². The van der Waals surface area contributed by atoms with Gasteiger partial charge in [0.15, 0.2) is 25.2 Å². The average molecular weight is 913 g/mol. The molecule has 67 heavy (non-hydrogen) atoms. The van der Waals surface area contributed by atoms with Gasteiger partial charge in [-0.3, -0.25) is 0 Å². The summed E-state index contributed by atoms with van der Waals surface area (Å²) in [6.07, 6.45) is 21.2. The Morgan fingerprint density at radius 2 is 0.701 bits per heavy atom. The molecule has 6 fully saturated rings. The van der Waals surface area contributed by atoms with Crippen molar-refractivity contribution in [3.8, 4) is 23.0 Å². The second-order valence-corrected chi connectivity index (χ2v) is 21.3. The molecular formula is C59H76O8. The van der Waals surface area contributed by atoms with Crippen molar-refractivity contribution in [2.45, 2.75) is 178 Å². The summed E-state index contributed by atoms with van der Waals surface area (Å²) >= 11 is 0. The second kappa shape index (κ2) is 21.3. The molecule has 4 heterocycles. The lowest BCUT2D eigenvalue weighted by atomic mass is 9.53. The van der Waals surface area contributed by atoms with Gasteiger partial charge in [-0.25, -0.2) is 0 Å². The predicted octanol–water partition coefficient (Wildman–Crippen LogP) is 14.0. The highest BCUT2D eigenvalue weighted by atomic mass is 16.7. The molecule has 4 aromatic rings. The predicted molar refractivity (Wildman–Crippen MR) is 262 cm³/mol. The Balaban J connectivity index is 0.876. The summed E-state index contributed by atoms with van der Waals surface area (Å²) in [5.41, 5.74) is 5.32. The van der Waals surface area contributed by atoms with Crippen LogP contribution in [0.4, 0.5) is 0 Å². The second-order valence-electron chi connectivity index (χ2n) is 21.3. The topological polar surface area (TPSA) is 73.8 Å². The molecular weight excluding hydrogens is 837 g/mol. The first-order valence-electron chi connectivity index (χ1n) is 26.4. The molecule has 10 rings (SSSR count). The van der Waals surface area contributed by atoms with E-state index in [-0.39, 0.29) is 41.4 Å². The van der Waals surface area contributed by atoms with E-state index in [1.54, 1.807) is 0 Å². The number of ether oxygens (including phenoxy) is 8. The summed E-state index contributed by atoms with van der Waals surface area (Å²) in [6.45, 7) is 8.28. The fourth-order valence-electron chi connectivity index (χ4n) is 12.8. The number of rotatable bonds is 14. The van der Waals surface area contributed by atoms with Crippen molar-refractivity contribution in [2.24, 2.45) is 17.3 Å². The Morgan fingerprint density at radius 3 is 1.03 bits per heavy atom. The van der Waals surface area contributed by atoms with Crippen LogP contribution in [0.5, 0.6) is 23.0 Å². The molecule has 2 saturated carbocycles. The summed E-state index contributed by atoms with van der Waals surface area (Å²) in [5.74, 6) is 4.82. The van der Waals surface area contributed by atoms with Crippen LogP contribution in [0.2, 0.25) is 0 Å². The van der Waals surface area contributed by atoms with E-state index in [1.165, 1.54) is 47.9 Å². The summed E-state index contributed by atoms with van der Waals surface area (Å²) in [4.78, 5) is 0. The Morgan fingerprint density at radius 1 is 0.373 bits per heavy atom. The summed E-state index contributed by atoms with van der Waals surface area (Å²) in [7, 11) is 0. The van der Waals surface area contributed by atoms with Crippen molar-refractivity contribution in [2.75, 3.05) is 26.4 Å². The monoisotopic (exact) mass is 913 g/mol. The third-order valence-electron chi connectivity index (χ3n) is 17.0. The van der Waals surface area contributed by atoms with E-state index in [1.807, 2.05) is 0 Å². The van der Waals surface area contributed by atoms with Gasteiger partial charge in [0.25, 0.3) is 0 Å². The van der Waals surface area contributed by atoms with E-state index in [0.717, 1.165) is 152 Å². The van der Waals surface area contributed by atoms with Gasteiger partial charge in [-0.05, 0) is 191 Å². The van der Waals surface area contributed by atoms with Gasteiger partial charge >= 0.3 is 0 Å². The molecule has 360 valence electrons. The van der Waals surface area contributed by atoms with Crippen LogP contribution in [0.15, 0.2) is 97.1 Å². The minimum Gasteiger partial charge on any atom is -0.465 e. The maximum absolute atomic E-state index is 6.51. The molecule has 0 N–H and O–H groups in total. The van der Waals surface area contributed by atoms with E-state index in [2.05, 4.69) is 111 Å². The van der Waals surface area contributed by atoms with Gasteiger partial charge in [-0.2, -0.15) is 0 Å². The minimum atomic E-state index is -0.178. The van der Waals surface area contributed by atoms with Crippen molar-refractivity contribution < 1.29 is 37.9 Å². The molecule has 4 atom stereocenters. The van der Waals surface area contributed by atoms with Crippen LogP contribution in [-0.2, 0) is 29.8 Å². The zero-order chi connectivity index (χ0) is 45.5. The quantitative estimate of drug-likeness (QED) is 0.124. The first-order chi connectivity index (χ1) is 32.8. The molecule has 2 aliphatic carbocycles. The Kier molecular flexibility index (Phi) is 14.8. The maximum Gasteiger partial charge on any atom is 0.199 e. The van der Waals surface area contributed by atoms with E-state index >= 15 is 0 Å². The van der Waals surface area contributed by atoms with Crippen LogP contribution in [0.1, 0.15) is 165 Å². The molecule has 0 amide bonds. The Labute approximate surface area is 400 Å². The third-order valence-corrected chi connectivity index (χ3v) is 17.0. The van der Waals surface area contributed by atoms with Crippen LogP contribution in [0.25, 0.3) is 0 Å². The van der Waals surface area contributed by atoms with Gasteiger partial charge in [0.2, 0.25) is 0 Å². The Hall–Kier alpha value is -4.08. The Bertz CT molecular complexity index is 2010. The lowest BCUT2D eigenvalue weighted by molar-refractivity contribution is -0.106.